The Morgan fingerprint density at radius 2 is 1.74 bits per heavy atom. The minimum Gasteiger partial charge on any atom is -0.367 e. The number of aryl methyl sites for hydroxylation is 1. The summed E-state index contributed by atoms with van der Waals surface area (Å²) in [7, 11) is 0. The average Bonchev–Trinajstić information content (AvgIpc) is 2.84. The second-order valence-corrected chi connectivity index (χ2v) is 8.73. The Labute approximate surface area is 135 Å². The third-order valence-corrected chi connectivity index (χ3v) is 7.09. The van der Waals surface area contributed by atoms with Gasteiger partial charge in [0.2, 0.25) is 0 Å². The van der Waals surface area contributed by atoms with Gasteiger partial charge in [-0.15, -0.1) is 0 Å². The smallest absolute Gasteiger partial charge is 0.260 e. The van der Waals surface area contributed by atoms with E-state index in [9.17, 15) is 8.78 Å². The van der Waals surface area contributed by atoms with Crippen LogP contribution in [-0.2, 0) is 0 Å². The monoisotopic (exact) mass is 321 g/mol. The van der Waals surface area contributed by atoms with Gasteiger partial charge in [-0.1, -0.05) is 0 Å². The number of aromatic nitrogens is 2. The van der Waals surface area contributed by atoms with E-state index in [-0.39, 0.29) is 11.5 Å². The minimum absolute atomic E-state index is 0.193. The Bertz CT molecular complexity index is 588. The standard InChI is InChI=1S/C18H25F2N3/c1-10-2-16-21-15(6-14(17(19)20)23(16)22-10)18-7-11-3-12(8-18)5-13(4-11)9-18/h2,11-15,17,21H,3-9H2,1H3. The van der Waals surface area contributed by atoms with Crippen LogP contribution in [0.5, 0.6) is 0 Å². The molecule has 4 bridgehead atoms. The highest BCUT2D eigenvalue weighted by Gasteiger charge is 2.55. The summed E-state index contributed by atoms with van der Waals surface area (Å²) in [5.74, 6) is 3.35. The fourth-order valence-corrected chi connectivity index (χ4v) is 6.67. The van der Waals surface area contributed by atoms with Crippen LogP contribution >= 0.6 is 0 Å². The number of nitrogens with zero attached hydrogens (tertiary/aromatic N) is 2. The molecule has 4 saturated carbocycles. The van der Waals surface area contributed by atoms with Crippen LogP contribution in [0, 0.1) is 30.1 Å². The molecule has 0 amide bonds. The summed E-state index contributed by atoms with van der Waals surface area (Å²) in [4.78, 5) is 0. The number of halogens is 2. The Balaban J connectivity index is 1.50. The molecule has 126 valence electrons. The molecule has 3 nitrogen and oxygen atoms in total. The summed E-state index contributed by atoms with van der Waals surface area (Å²) in [6.45, 7) is 1.88. The van der Waals surface area contributed by atoms with Crippen LogP contribution in [-0.4, -0.2) is 22.2 Å². The molecule has 1 aromatic rings. The van der Waals surface area contributed by atoms with Gasteiger partial charge in [0.15, 0.2) is 0 Å². The molecule has 6 rings (SSSR count). The summed E-state index contributed by atoms with van der Waals surface area (Å²) in [6.07, 6.45) is 6.10. The molecule has 1 N–H and O–H groups in total. The molecule has 2 heterocycles. The van der Waals surface area contributed by atoms with Gasteiger partial charge in [-0.3, -0.25) is 0 Å². The zero-order valence-corrected chi connectivity index (χ0v) is 13.6. The van der Waals surface area contributed by atoms with Gasteiger partial charge in [0.25, 0.3) is 6.43 Å². The lowest BCUT2D eigenvalue weighted by molar-refractivity contribution is -0.0723. The van der Waals surface area contributed by atoms with E-state index >= 15 is 0 Å². The number of anilines is 1. The van der Waals surface area contributed by atoms with Crippen molar-refractivity contribution in [3.63, 3.8) is 0 Å². The highest BCUT2D eigenvalue weighted by Crippen LogP contribution is 2.62. The first-order chi connectivity index (χ1) is 11.0. The van der Waals surface area contributed by atoms with Gasteiger partial charge in [-0.25, -0.2) is 13.5 Å². The molecule has 0 aromatic carbocycles. The molecular weight excluding hydrogens is 296 g/mol. The molecule has 2 atom stereocenters. The maximum Gasteiger partial charge on any atom is 0.260 e. The lowest BCUT2D eigenvalue weighted by Gasteiger charge is -2.60. The van der Waals surface area contributed by atoms with E-state index < -0.39 is 12.5 Å². The van der Waals surface area contributed by atoms with Crippen molar-refractivity contribution in [2.24, 2.45) is 23.2 Å². The summed E-state index contributed by atoms with van der Waals surface area (Å²) in [6, 6.07) is 1.36. The van der Waals surface area contributed by atoms with Crippen molar-refractivity contribution in [1.82, 2.24) is 9.78 Å². The van der Waals surface area contributed by atoms with Gasteiger partial charge in [-0.2, -0.15) is 5.10 Å². The molecule has 4 fully saturated rings. The van der Waals surface area contributed by atoms with E-state index in [4.69, 9.17) is 0 Å². The van der Waals surface area contributed by atoms with E-state index in [1.807, 2.05) is 13.0 Å². The van der Waals surface area contributed by atoms with Crippen LogP contribution < -0.4 is 5.32 Å². The molecule has 0 saturated heterocycles. The van der Waals surface area contributed by atoms with Crippen molar-refractivity contribution in [2.75, 3.05) is 5.32 Å². The first kappa shape index (κ1) is 14.2. The molecule has 5 heteroatoms. The average molecular weight is 321 g/mol. The summed E-state index contributed by atoms with van der Waals surface area (Å²) < 4.78 is 28.9. The minimum atomic E-state index is -2.34. The molecule has 4 aliphatic carbocycles. The first-order valence-corrected chi connectivity index (χ1v) is 9.13. The number of hydrogen-bond acceptors (Lipinski definition) is 2. The van der Waals surface area contributed by atoms with Gasteiger partial charge < -0.3 is 5.32 Å². The molecule has 0 radical (unpaired) electrons. The number of rotatable bonds is 2. The summed E-state index contributed by atoms with van der Waals surface area (Å²) in [5, 5.41) is 7.94. The van der Waals surface area contributed by atoms with Crippen molar-refractivity contribution < 1.29 is 8.78 Å². The Morgan fingerprint density at radius 3 is 2.30 bits per heavy atom. The van der Waals surface area contributed by atoms with Crippen LogP contribution in [0.4, 0.5) is 14.6 Å². The fourth-order valence-electron chi connectivity index (χ4n) is 6.67. The largest absolute Gasteiger partial charge is 0.367 e. The fraction of sp³-hybridized carbons (Fsp3) is 0.833. The van der Waals surface area contributed by atoms with Crippen LogP contribution in [0.15, 0.2) is 6.07 Å². The second-order valence-electron chi connectivity index (χ2n) is 8.73. The van der Waals surface area contributed by atoms with Gasteiger partial charge >= 0.3 is 0 Å². The molecular formula is C18H25F2N3. The lowest BCUT2D eigenvalue weighted by Crippen LogP contribution is -2.56. The number of nitrogens with one attached hydrogen (secondary N) is 1. The maximum atomic E-state index is 13.7. The normalized spacial score (nSPS) is 44.4. The van der Waals surface area contributed by atoms with Crippen molar-refractivity contribution in [3.05, 3.63) is 11.8 Å². The molecule has 1 aliphatic heterocycles. The SMILES string of the molecule is Cc1cc2n(n1)C(C(F)F)CC(C13CC4CC(CC(C4)C1)C3)N2. The number of fused-ring (bicyclic) bond motifs is 1. The Morgan fingerprint density at radius 1 is 1.13 bits per heavy atom. The Hall–Kier alpha value is -1.13. The zero-order valence-electron chi connectivity index (χ0n) is 13.6. The van der Waals surface area contributed by atoms with E-state index in [0.29, 0.717) is 6.42 Å². The molecule has 0 spiro atoms. The van der Waals surface area contributed by atoms with Crippen LogP contribution in [0.1, 0.15) is 56.7 Å². The van der Waals surface area contributed by atoms with E-state index in [2.05, 4.69) is 10.4 Å². The first-order valence-electron chi connectivity index (χ1n) is 9.13. The van der Waals surface area contributed by atoms with E-state index in [1.165, 1.54) is 43.2 Å². The molecule has 5 aliphatic rings. The van der Waals surface area contributed by atoms with E-state index in [0.717, 1.165) is 29.3 Å². The quantitative estimate of drug-likeness (QED) is 0.875. The van der Waals surface area contributed by atoms with E-state index in [1.54, 1.807) is 0 Å². The molecule has 1 aromatic heterocycles. The maximum absolute atomic E-state index is 13.7. The predicted molar refractivity (Wildman–Crippen MR) is 84.6 cm³/mol. The highest BCUT2D eigenvalue weighted by atomic mass is 19.3. The van der Waals surface area contributed by atoms with Gasteiger partial charge in [-0.05, 0) is 75.0 Å². The van der Waals surface area contributed by atoms with Crippen LogP contribution in [0.2, 0.25) is 0 Å². The zero-order chi connectivity index (χ0) is 15.8. The second kappa shape index (κ2) is 4.70. The highest BCUT2D eigenvalue weighted by molar-refractivity contribution is 5.42. The third-order valence-electron chi connectivity index (χ3n) is 7.09. The van der Waals surface area contributed by atoms with Crippen LogP contribution in [0.3, 0.4) is 0 Å². The van der Waals surface area contributed by atoms with Gasteiger partial charge in [0.05, 0.1) is 5.69 Å². The lowest BCUT2D eigenvalue weighted by atomic mass is 9.47. The summed E-state index contributed by atoms with van der Waals surface area (Å²) >= 11 is 0. The number of alkyl halides is 2. The summed E-state index contributed by atoms with van der Waals surface area (Å²) in [5.41, 5.74) is 1.08. The van der Waals surface area contributed by atoms with Crippen molar-refractivity contribution in [3.8, 4) is 0 Å². The van der Waals surface area contributed by atoms with Crippen LogP contribution in [0.25, 0.3) is 0 Å². The van der Waals surface area contributed by atoms with Crippen molar-refractivity contribution >= 4 is 5.82 Å². The third kappa shape index (κ3) is 2.07. The Kier molecular flexibility index (Phi) is 2.91. The number of hydrogen-bond donors (Lipinski definition) is 1. The topological polar surface area (TPSA) is 29.9 Å². The molecule has 2 unspecified atom stereocenters. The van der Waals surface area contributed by atoms with Crippen molar-refractivity contribution in [1.29, 1.82) is 0 Å². The predicted octanol–water partition coefficient (Wildman–Crippen LogP) is 4.40. The van der Waals surface area contributed by atoms with Gasteiger partial charge in [0.1, 0.15) is 11.9 Å². The molecule has 23 heavy (non-hydrogen) atoms. The van der Waals surface area contributed by atoms with Crippen molar-refractivity contribution in [2.45, 2.75) is 70.4 Å². The van der Waals surface area contributed by atoms with Gasteiger partial charge in [0, 0.05) is 12.1 Å².